The van der Waals surface area contributed by atoms with E-state index in [9.17, 15) is 14.7 Å². The highest BCUT2D eigenvalue weighted by atomic mass is 32.2. The standard InChI is InChI=1S/C14H24N2O3S/c1-14(2,12(17)18)11-4-3-5-16(10-11)13(19)15-6-8-20-9-7-15/h11H,3-10H2,1-2H3,(H,17,18). The van der Waals surface area contributed by atoms with Gasteiger partial charge in [0.05, 0.1) is 5.41 Å². The first kappa shape index (κ1) is 15.5. The zero-order valence-electron chi connectivity index (χ0n) is 12.3. The molecule has 2 saturated heterocycles. The molecule has 6 heteroatoms. The van der Waals surface area contributed by atoms with E-state index in [1.165, 1.54) is 0 Å². The van der Waals surface area contributed by atoms with Crippen LogP contribution in [0.1, 0.15) is 26.7 Å². The molecule has 2 aliphatic rings. The van der Waals surface area contributed by atoms with Crippen LogP contribution in [0.5, 0.6) is 0 Å². The molecular weight excluding hydrogens is 276 g/mol. The zero-order valence-corrected chi connectivity index (χ0v) is 13.1. The summed E-state index contributed by atoms with van der Waals surface area (Å²) in [4.78, 5) is 27.6. The number of carbonyl (C=O) groups is 2. The van der Waals surface area contributed by atoms with Crippen LogP contribution < -0.4 is 0 Å². The van der Waals surface area contributed by atoms with Crippen LogP contribution in [-0.2, 0) is 4.79 Å². The maximum Gasteiger partial charge on any atom is 0.320 e. The maximum absolute atomic E-state index is 12.5. The Morgan fingerprint density at radius 1 is 1.15 bits per heavy atom. The van der Waals surface area contributed by atoms with Crippen LogP contribution in [0.2, 0.25) is 0 Å². The third kappa shape index (κ3) is 3.22. The molecule has 0 aliphatic carbocycles. The summed E-state index contributed by atoms with van der Waals surface area (Å²) in [5, 5.41) is 9.35. The first-order valence-corrected chi connectivity index (χ1v) is 8.43. The molecule has 1 N–H and O–H groups in total. The van der Waals surface area contributed by atoms with Crippen LogP contribution in [0, 0.1) is 11.3 Å². The van der Waals surface area contributed by atoms with Crippen molar-refractivity contribution >= 4 is 23.8 Å². The van der Waals surface area contributed by atoms with Crippen LogP contribution in [0.25, 0.3) is 0 Å². The molecule has 2 heterocycles. The number of hydrogen-bond acceptors (Lipinski definition) is 3. The summed E-state index contributed by atoms with van der Waals surface area (Å²) in [6.07, 6.45) is 1.79. The highest BCUT2D eigenvalue weighted by molar-refractivity contribution is 7.99. The number of nitrogens with zero attached hydrogens (tertiary/aromatic N) is 2. The van der Waals surface area contributed by atoms with Gasteiger partial charge in [0, 0.05) is 37.7 Å². The number of likely N-dealkylation sites (tertiary alicyclic amines) is 1. The van der Waals surface area contributed by atoms with E-state index >= 15 is 0 Å². The van der Waals surface area contributed by atoms with Gasteiger partial charge in [0.1, 0.15) is 0 Å². The van der Waals surface area contributed by atoms with Crippen molar-refractivity contribution in [3.8, 4) is 0 Å². The number of aliphatic carboxylic acids is 1. The van der Waals surface area contributed by atoms with Gasteiger partial charge in [-0.2, -0.15) is 11.8 Å². The largest absolute Gasteiger partial charge is 0.481 e. The second-order valence-corrected chi connectivity index (χ2v) is 7.42. The van der Waals surface area contributed by atoms with E-state index in [-0.39, 0.29) is 11.9 Å². The van der Waals surface area contributed by atoms with Gasteiger partial charge >= 0.3 is 12.0 Å². The summed E-state index contributed by atoms with van der Waals surface area (Å²) in [5.74, 6) is 1.27. The summed E-state index contributed by atoms with van der Waals surface area (Å²) in [7, 11) is 0. The fraction of sp³-hybridized carbons (Fsp3) is 0.857. The lowest BCUT2D eigenvalue weighted by molar-refractivity contribution is -0.151. The highest BCUT2D eigenvalue weighted by Crippen LogP contribution is 2.34. The van der Waals surface area contributed by atoms with Gasteiger partial charge in [-0.3, -0.25) is 4.79 Å². The third-order valence-corrected chi connectivity index (χ3v) is 5.49. The summed E-state index contributed by atoms with van der Waals surface area (Å²) < 4.78 is 0. The van der Waals surface area contributed by atoms with Gasteiger partial charge in [-0.05, 0) is 32.6 Å². The summed E-state index contributed by atoms with van der Waals surface area (Å²) >= 11 is 1.88. The van der Waals surface area contributed by atoms with E-state index < -0.39 is 11.4 Å². The molecule has 0 bridgehead atoms. The van der Waals surface area contributed by atoms with Crippen LogP contribution in [0.15, 0.2) is 0 Å². The lowest BCUT2D eigenvalue weighted by atomic mass is 9.74. The first-order chi connectivity index (χ1) is 9.43. The number of carboxylic acid groups (broad SMARTS) is 1. The van der Waals surface area contributed by atoms with E-state index in [4.69, 9.17) is 0 Å². The van der Waals surface area contributed by atoms with Gasteiger partial charge in [-0.15, -0.1) is 0 Å². The van der Waals surface area contributed by atoms with Crippen molar-refractivity contribution < 1.29 is 14.7 Å². The SMILES string of the molecule is CC(C)(C(=O)O)C1CCCN(C(=O)N2CCSCC2)C1. The van der Waals surface area contributed by atoms with Crippen molar-refractivity contribution in [3.05, 3.63) is 0 Å². The second-order valence-electron chi connectivity index (χ2n) is 6.19. The third-order valence-electron chi connectivity index (χ3n) is 4.55. The Morgan fingerprint density at radius 2 is 1.80 bits per heavy atom. The van der Waals surface area contributed by atoms with Gasteiger partial charge in [0.25, 0.3) is 0 Å². The lowest BCUT2D eigenvalue weighted by Crippen LogP contribution is -2.52. The van der Waals surface area contributed by atoms with E-state index in [1.807, 2.05) is 21.6 Å². The predicted octanol–water partition coefficient (Wildman–Crippen LogP) is 1.98. The maximum atomic E-state index is 12.5. The van der Waals surface area contributed by atoms with Gasteiger partial charge < -0.3 is 14.9 Å². The fourth-order valence-corrected chi connectivity index (χ4v) is 3.77. The molecule has 2 fully saturated rings. The minimum Gasteiger partial charge on any atom is -0.481 e. The Bertz CT molecular complexity index is 381. The van der Waals surface area contributed by atoms with Crippen molar-refractivity contribution in [3.63, 3.8) is 0 Å². The van der Waals surface area contributed by atoms with Gasteiger partial charge in [-0.25, -0.2) is 4.79 Å². The average Bonchev–Trinajstić information content (AvgIpc) is 2.47. The Labute approximate surface area is 124 Å². The van der Waals surface area contributed by atoms with Crippen molar-refractivity contribution in [2.75, 3.05) is 37.7 Å². The molecule has 0 aromatic heterocycles. The predicted molar refractivity (Wildman–Crippen MR) is 80.0 cm³/mol. The molecule has 1 unspecified atom stereocenters. The molecule has 0 radical (unpaired) electrons. The van der Waals surface area contributed by atoms with E-state index in [1.54, 1.807) is 13.8 Å². The van der Waals surface area contributed by atoms with Crippen molar-refractivity contribution in [1.82, 2.24) is 9.80 Å². The quantitative estimate of drug-likeness (QED) is 0.847. The van der Waals surface area contributed by atoms with Crippen LogP contribution in [-0.4, -0.2) is 64.6 Å². The highest BCUT2D eigenvalue weighted by Gasteiger charge is 2.40. The van der Waals surface area contributed by atoms with Crippen molar-refractivity contribution in [1.29, 1.82) is 0 Å². The van der Waals surface area contributed by atoms with E-state index in [2.05, 4.69) is 0 Å². The number of hydrogen-bond donors (Lipinski definition) is 1. The normalized spacial score (nSPS) is 24.6. The minimum atomic E-state index is -0.772. The Morgan fingerprint density at radius 3 is 2.40 bits per heavy atom. The van der Waals surface area contributed by atoms with Gasteiger partial charge in [0.15, 0.2) is 0 Å². The fourth-order valence-electron chi connectivity index (χ4n) is 2.87. The number of piperidine rings is 1. The molecule has 0 aromatic rings. The number of thioether (sulfide) groups is 1. The molecule has 0 saturated carbocycles. The first-order valence-electron chi connectivity index (χ1n) is 7.28. The smallest absolute Gasteiger partial charge is 0.320 e. The summed E-state index contributed by atoms with van der Waals surface area (Å²) in [5.41, 5.74) is -0.767. The molecular formula is C14H24N2O3S. The van der Waals surface area contributed by atoms with Crippen LogP contribution >= 0.6 is 11.8 Å². The molecule has 20 heavy (non-hydrogen) atoms. The van der Waals surface area contributed by atoms with Crippen molar-refractivity contribution in [2.24, 2.45) is 11.3 Å². The summed E-state index contributed by atoms with van der Waals surface area (Å²) in [6, 6.07) is 0.0937. The monoisotopic (exact) mass is 300 g/mol. The number of urea groups is 1. The van der Waals surface area contributed by atoms with Crippen LogP contribution in [0.3, 0.4) is 0 Å². The molecule has 2 aliphatic heterocycles. The average molecular weight is 300 g/mol. The second kappa shape index (κ2) is 6.24. The topological polar surface area (TPSA) is 60.9 Å². The van der Waals surface area contributed by atoms with E-state index in [0.717, 1.165) is 44.0 Å². The Balaban J connectivity index is 1.99. The van der Waals surface area contributed by atoms with Crippen molar-refractivity contribution in [2.45, 2.75) is 26.7 Å². The van der Waals surface area contributed by atoms with Gasteiger partial charge in [-0.1, -0.05) is 0 Å². The number of rotatable bonds is 2. The summed E-state index contributed by atoms with van der Waals surface area (Å²) in [6.45, 7) is 6.49. The molecule has 0 aromatic carbocycles. The Hall–Kier alpha value is -0.910. The van der Waals surface area contributed by atoms with Crippen LogP contribution in [0.4, 0.5) is 4.79 Å². The van der Waals surface area contributed by atoms with Gasteiger partial charge in [0.2, 0.25) is 0 Å². The molecule has 2 amide bonds. The zero-order chi connectivity index (χ0) is 14.8. The lowest BCUT2D eigenvalue weighted by Gasteiger charge is -2.41. The molecule has 1 atom stereocenters. The minimum absolute atomic E-state index is 0.0388. The molecule has 5 nitrogen and oxygen atoms in total. The molecule has 114 valence electrons. The number of amides is 2. The van der Waals surface area contributed by atoms with E-state index in [0.29, 0.717) is 6.54 Å². The molecule has 2 rings (SSSR count). The number of carbonyl (C=O) groups excluding carboxylic acids is 1. The number of carboxylic acids is 1. The Kier molecular flexibility index (Phi) is 4.83. The molecule has 0 spiro atoms.